The molecule has 0 unspecified atom stereocenters. The van der Waals surface area contributed by atoms with Gasteiger partial charge in [-0.1, -0.05) is 18.6 Å². The number of hydrogen-bond acceptors (Lipinski definition) is 6. The van der Waals surface area contributed by atoms with E-state index in [-0.39, 0.29) is 0 Å². The molecule has 3 aliphatic rings. The molecule has 3 aliphatic heterocycles. The second-order valence-corrected chi connectivity index (χ2v) is 10.0. The fraction of sp³-hybridized carbons (Fsp3) is 0.667. The van der Waals surface area contributed by atoms with Crippen molar-refractivity contribution in [2.75, 3.05) is 77.4 Å². The Morgan fingerprint density at radius 2 is 1.64 bits per heavy atom. The SMILES string of the molecule is CN1CCN(c2ccc(/C(C=NCCCN3CCC(N4CCCCC4)CC3)=C/N)cc2)CC1. The van der Waals surface area contributed by atoms with Crippen LogP contribution in [0.4, 0.5) is 5.69 Å². The van der Waals surface area contributed by atoms with Crippen molar-refractivity contribution in [2.45, 2.75) is 44.6 Å². The van der Waals surface area contributed by atoms with Crippen LogP contribution in [0, 0.1) is 0 Å². The molecule has 6 nitrogen and oxygen atoms in total. The maximum absolute atomic E-state index is 5.93. The summed E-state index contributed by atoms with van der Waals surface area (Å²) in [6.07, 6.45) is 11.7. The fourth-order valence-corrected chi connectivity index (χ4v) is 5.48. The minimum atomic E-state index is 0.833. The molecule has 0 amide bonds. The highest BCUT2D eigenvalue weighted by molar-refractivity contribution is 6.09. The first kappa shape index (κ1) is 24.2. The van der Waals surface area contributed by atoms with Gasteiger partial charge in [-0.15, -0.1) is 0 Å². The lowest BCUT2D eigenvalue weighted by Gasteiger charge is -2.40. The largest absolute Gasteiger partial charge is 0.404 e. The fourth-order valence-electron chi connectivity index (χ4n) is 5.48. The van der Waals surface area contributed by atoms with Crippen LogP contribution in [-0.2, 0) is 0 Å². The van der Waals surface area contributed by atoms with E-state index in [1.54, 1.807) is 6.20 Å². The Balaban J connectivity index is 1.16. The average Bonchev–Trinajstić information content (AvgIpc) is 2.88. The minimum Gasteiger partial charge on any atom is -0.404 e. The summed E-state index contributed by atoms with van der Waals surface area (Å²) in [7, 11) is 2.19. The molecular weight excluding hydrogens is 408 g/mol. The van der Waals surface area contributed by atoms with Crippen LogP contribution in [0.5, 0.6) is 0 Å². The molecule has 2 N–H and O–H groups in total. The first-order valence-electron chi connectivity index (χ1n) is 13.1. The van der Waals surface area contributed by atoms with Gasteiger partial charge < -0.3 is 25.3 Å². The van der Waals surface area contributed by atoms with Crippen LogP contribution < -0.4 is 10.6 Å². The molecule has 3 fully saturated rings. The number of hydrogen-bond donors (Lipinski definition) is 1. The average molecular weight is 453 g/mol. The van der Waals surface area contributed by atoms with E-state index in [2.05, 4.69) is 55.9 Å². The van der Waals surface area contributed by atoms with Crippen LogP contribution >= 0.6 is 0 Å². The van der Waals surface area contributed by atoms with Crippen molar-refractivity contribution in [3.05, 3.63) is 36.0 Å². The first-order valence-corrected chi connectivity index (χ1v) is 13.1. The number of nitrogens with two attached hydrogens (primary N) is 1. The van der Waals surface area contributed by atoms with Crippen LogP contribution in [0.1, 0.15) is 44.1 Å². The van der Waals surface area contributed by atoms with Gasteiger partial charge in [0.2, 0.25) is 0 Å². The predicted octanol–water partition coefficient (Wildman–Crippen LogP) is 3.15. The van der Waals surface area contributed by atoms with Crippen molar-refractivity contribution < 1.29 is 0 Å². The number of allylic oxidation sites excluding steroid dienone is 1. The molecule has 0 saturated carbocycles. The number of piperidine rings is 2. The summed E-state index contributed by atoms with van der Waals surface area (Å²) >= 11 is 0. The van der Waals surface area contributed by atoms with Crippen molar-refractivity contribution in [3.63, 3.8) is 0 Å². The third kappa shape index (κ3) is 7.05. The Morgan fingerprint density at radius 1 is 0.939 bits per heavy atom. The van der Waals surface area contributed by atoms with E-state index in [0.717, 1.165) is 62.9 Å². The molecule has 1 aromatic carbocycles. The molecule has 0 radical (unpaired) electrons. The molecule has 0 bridgehead atoms. The van der Waals surface area contributed by atoms with Crippen LogP contribution in [0.15, 0.2) is 35.5 Å². The topological polar surface area (TPSA) is 51.3 Å². The summed E-state index contributed by atoms with van der Waals surface area (Å²) in [6.45, 7) is 11.6. The van der Waals surface area contributed by atoms with E-state index in [9.17, 15) is 0 Å². The quantitative estimate of drug-likeness (QED) is 0.485. The zero-order chi connectivity index (χ0) is 22.9. The van der Waals surface area contributed by atoms with Gasteiger partial charge in [0.25, 0.3) is 0 Å². The molecule has 33 heavy (non-hydrogen) atoms. The molecule has 4 rings (SSSR count). The minimum absolute atomic E-state index is 0.833. The summed E-state index contributed by atoms with van der Waals surface area (Å²) in [5.74, 6) is 0. The smallest absolute Gasteiger partial charge is 0.0401 e. The zero-order valence-electron chi connectivity index (χ0n) is 20.7. The second kappa shape index (κ2) is 12.5. The van der Waals surface area contributed by atoms with Crippen molar-refractivity contribution in [1.29, 1.82) is 0 Å². The van der Waals surface area contributed by atoms with Gasteiger partial charge in [-0.05, 0) is 89.6 Å². The van der Waals surface area contributed by atoms with Crippen molar-refractivity contribution in [3.8, 4) is 0 Å². The summed E-state index contributed by atoms with van der Waals surface area (Å²) in [5.41, 5.74) is 9.36. The zero-order valence-corrected chi connectivity index (χ0v) is 20.7. The number of likely N-dealkylation sites (tertiary alicyclic amines) is 2. The van der Waals surface area contributed by atoms with E-state index in [1.165, 1.54) is 64.0 Å². The Kier molecular flexibility index (Phi) is 9.21. The molecule has 0 aromatic heterocycles. The van der Waals surface area contributed by atoms with Gasteiger partial charge in [-0.2, -0.15) is 0 Å². The number of rotatable bonds is 8. The maximum atomic E-state index is 5.93. The molecule has 3 saturated heterocycles. The standard InChI is InChI=1S/C27H44N6/c1-30-18-20-33(21-19-30)26-8-6-24(7-9-26)25(22-28)23-29-12-5-13-31-16-10-27(11-17-31)32-14-3-2-4-15-32/h6-9,22-23,27H,2-5,10-21,28H2,1H3/b25-22+,29-23?. The lowest BCUT2D eigenvalue weighted by molar-refractivity contribution is 0.0924. The molecule has 0 aliphatic carbocycles. The Hall–Kier alpha value is -1.89. The van der Waals surface area contributed by atoms with E-state index in [4.69, 9.17) is 5.73 Å². The number of nitrogens with zero attached hydrogens (tertiary/aromatic N) is 5. The van der Waals surface area contributed by atoms with Crippen molar-refractivity contribution in [1.82, 2.24) is 14.7 Å². The Bertz CT molecular complexity index is 751. The van der Waals surface area contributed by atoms with E-state index >= 15 is 0 Å². The first-order chi connectivity index (χ1) is 16.2. The number of aliphatic imine (C=N–C) groups is 1. The van der Waals surface area contributed by atoms with Gasteiger partial charge in [0.05, 0.1) is 0 Å². The normalized spacial score (nSPS) is 22.9. The van der Waals surface area contributed by atoms with Gasteiger partial charge >= 0.3 is 0 Å². The molecule has 6 heteroatoms. The van der Waals surface area contributed by atoms with Gasteiger partial charge in [-0.3, -0.25) is 4.99 Å². The summed E-state index contributed by atoms with van der Waals surface area (Å²) in [6, 6.07) is 9.60. The summed E-state index contributed by atoms with van der Waals surface area (Å²) in [4.78, 5) is 14.9. The third-order valence-electron chi connectivity index (χ3n) is 7.70. The monoisotopic (exact) mass is 452 g/mol. The molecule has 1 aromatic rings. The number of anilines is 1. The van der Waals surface area contributed by atoms with Gasteiger partial charge in [0.1, 0.15) is 0 Å². The lowest BCUT2D eigenvalue weighted by Crippen LogP contribution is -2.46. The molecular formula is C27H44N6. The van der Waals surface area contributed by atoms with Crippen LogP contribution in [-0.4, -0.2) is 99.5 Å². The second-order valence-electron chi connectivity index (χ2n) is 10.0. The molecule has 182 valence electrons. The lowest BCUT2D eigenvalue weighted by atomic mass is 10.00. The number of likely N-dealkylation sites (N-methyl/N-ethyl adjacent to an activating group) is 1. The van der Waals surface area contributed by atoms with E-state index < -0.39 is 0 Å². The van der Waals surface area contributed by atoms with E-state index in [0.29, 0.717) is 0 Å². The molecule has 0 spiro atoms. The highest BCUT2D eigenvalue weighted by atomic mass is 15.2. The van der Waals surface area contributed by atoms with Crippen LogP contribution in [0.25, 0.3) is 5.57 Å². The number of benzene rings is 1. The van der Waals surface area contributed by atoms with Gasteiger partial charge in [0, 0.05) is 62.4 Å². The summed E-state index contributed by atoms with van der Waals surface area (Å²) < 4.78 is 0. The Morgan fingerprint density at radius 3 is 2.30 bits per heavy atom. The maximum Gasteiger partial charge on any atom is 0.0401 e. The molecule has 3 heterocycles. The van der Waals surface area contributed by atoms with Crippen LogP contribution in [0.2, 0.25) is 0 Å². The van der Waals surface area contributed by atoms with Crippen molar-refractivity contribution >= 4 is 17.5 Å². The predicted molar refractivity (Wildman–Crippen MR) is 141 cm³/mol. The van der Waals surface area contributed by atoms with Crippen molar-refractivity contribution in [2.24, 2.45) is 10.7 Å². The molecule has 0 atom stereocenters. The third-order valence-corrected chi connectivity index (χ3v) is 7.70. The summed E-state index contributed by atoms with van der Waals surface area (Å²) in [5, 5.41) is 0. The van der Waals surface area contributed by atoms with E-state index in [1.807, 2.05) is 6.21 Å². The van der Waals surface area contributed by atoms with Gasteiger partial charge in [-0.25, -0.2) is 0 Å². The van der Waals surface area contributed by atoms with Crippen LogP contribution in [0.3, 0.4) is 0 Å². The van der Waals surface area contributed by atoms with Gasteiger partial charge in [0.15, 0.2) is 0 Å². The Labute approximate surface area is 201 Å². The number of piperazine rings is 1. The highest BCUT2D eigenvalue weighted by Crippen LogP contribution is 2.22. The highest BCUT2D eigenvalue weighted by Gasteiger charge is 2.25.